The van der Waals surface area contributed by atoms with Crippen molar-refractivity contribution in [2.45, 2.75) is 37.4 Å². The number of hydrogen-bond acceptors (Lipinski definition) is 11. The maximum Gasteiger partial charge on any atom is 0.352 e. The van der Waals surface area contributed by atoms with Crippen LogP contribution in [0.25, 0.3) is 0 Å². The van der Waals surface area contributed by atoms with Crippen molar-refractivity contribution in [3.63, 3.8) is 0 Å². The molecule has 2 amide bonds. The third-order valence-electron chi connectivity index (χ3n) is 5.51. The molecule has 5 N–H and O–H groups in total. The predicted molar refractivity (Wildman–Crippen MR) is 138 cm³/mol. The van der Waals surface area contributed by atoms with Gasteiger partial charge in [0.05, 0.1) is 0 Å². The summed E-state index contributed by atoms with van der Waals surface area (Å²) in [5, 5.41) is 24.7. The number of pyridine rings is 1. The van der Waals surface area contributed by atoms with Crippen molar-refractivity contribution in [1.82, 2.24) is 19.6 Å². The number of carbonyl (C=O) groups is 4. The number of carbonyl (C=O) groups excluding carboxylic acids is 2. The normalized spacial score (nSPS) is 19.5. The minimum atomic E-state index is -1.78. The summed E-state index contributed by atoms with van der Waals surface area (Å²) in [5.41, 5.74) is 3.75. The molecule has 1 saturated heterocycles. The maximum absolute atomic E-state index is 13.1. The summed E-state index contributed by atoms with van der Waals surface area (Å²) in [6.45, 7) is 2.72. The van der Waals surface area contributed by atoms with Crippen LogP contribution in [-0.2, 0) is 30.6 Å². The SMILES string of the molecule is CC(C)(O/N=C(\C(=O)N[C@@H]1C(=O)N2C(C(=O)O)=C(C[n+]3ccc(Br)cc3)CS[C@H]12)c1nsc(N)n1)C(=O)O. The smallest absolute Gasteiger partial charge is 0.352 e. The van der Waals surface area contributed by atoms with E-state index in [1.54, 1.807) is 17.0 Å². The fraction of sp³-hybridized carbons (Fsp3) is 0.333. The number of aliphatic carboxylic acids is 2. The number of thioether (sulfide) groups is 1. The van der Waals surface area contributed by atoms with E-state index in [4.69, 9.17) is 10.6 Å². The van der Waals surface area contributed by atoms with Crippen LogP contribution >= 0.6 is 39.2 Å². The molecular weight excluding hydrogens is 606 g/mol. The molecule has 14 nitrogen and oxygen atoms in total. The Morgan fingerprint density at radius 2 is 2.03 bits per heavy atom. The molecule has 4 rings (SSSR count). The van der Waals surface area contributed by atoms with Gasteiger partial charge in [0.1, 0.15) is 17.1 Å². The Bertz CT molecular complexity index is 1380. The Hall–Kier alpha value is -3.57. The number of hydrogen-bond donors (Lipinski definition) is 4. The molecule has 0 saturated carbocycles. The Morgan fingerprint density at radius 3 is 2.61 bits per heavy atom. The fourth-order valence-electron chi connectivity index (χ4n) is 3.49. The van der Waals surface area contributed by atoms with Gasteiger partial charge < -0.3 is 26.1 Å². The molecule has 1 fully saturated rings. The highest BCUT2D eigenvalue weighted by atomic mass is 79.9. The highest BCUT2D eigenvalue weighted by molar-refractivity contribution is 9.10. The molecule has 0 unspecified atom stereocenters. The number of aromatic nitrogens is 3. The van der Waals surface area contributed by atoms with Gasteiger partial charge >= 0.3 is 11.9 Å². The van der Waals surface area contributed by atoms with Gasteiger partial charge in [-0.3, -0.25) is 14.5 Å². The standard InChI is InChI=1S/C21H20BrN7O7S2/c1-21(2,19(34)35)36-26-11(14-25-20(23)38-27-14)15(30)24-12-16(31)29-13(18(32)33)9(8-37-17(12)29)7-28-5-3-10(22)4-6-28/h3-6,12,17H,7-8H2,1-2H3,(H4-,23,24,25,27,30,32,33,34,35)/p+1/b26-11-/t12-,17-/m1/s1. The van der Waals surface area contributed by atoms with Gasteiger partial charge in [0.15, 0.2) is 24.1 Å². The summed E-state index contributed by atoms with van der Waals surface area (Å²) in [4.78, 5) is 59.7. The average molecular weight is 627 g/mol. The number of nitrogens with one attached hydrogen (secondary N) is 1. The van der Waals surface area contributed by atoms with Crippen molar-refractivity contribution in [2.24, 2.45) is 5.16 Å². The molecule has 0 aliphatic carbocycles. The first-order valence-corrected chi connectivity index (χ1v) is 13.4. The molecule has 200 valence electrons. The number of oxime groups is 1. The second-order valence-electron chi connectivity index (χ2n) is 8.61. The minimum absolute atomic E-state index is 0.0270. The Balaban J connectivity index is 1.55. The van der Waals surface area contributed by atoms with E-state index < -0.39 is 46.5 Å². The lowest BCUT2D eigenvalue weighted by atomic mass is 10.0. The second kappa shape index (κ2) is 10.7. The van der Waals surface area contributed by atoms with Gasteiger partial charge in [-0.1, -0.05) is 21.1 Å². The van der Waals surface area contributed by atoms with E-state index in [1.165, 1.54) is 25.6 Å². The molecular formula is C21H21BrN7O7S2+. The van der Waals surface area contributed by atoms with E-state index in [2.05, 4.69) is 35.8 Å². The number of amides is 2. The average Bonchev–Trinajstić information content (AvgIpc) is 3.29. The topological polar surface area (TPSA) is 201 Å². The van der Waals surface area contributed by atoms with Crippen LogP contribution in [0.3, 0.4) is 0 Å². The number of anilines is 1. The highest BCUT2D eigenvalue weighted by Crippen LogP contribution is 2.40. The van der Waals surface area contributed by atoms with Gasteiger partial charge in [-0.05, 0) is 13.8 Å². The van der Waals surface area contributed by atoms with Crippen LogP contribution in [0.2, 0.25) is 0 Å². The third kappa shape index (κ3) is 5.48. The van der Waals surface area contributed by atoms with Crippen LogP contribution in [-0.4, -0.2) is 76.7 Å². The molecule has 0 bridgehead atoms. The summed E-state index contributed by atoms with van der Waals surface area (Å²) in [6.07, 6.45) is 3.56. The zero-order valence-corrected chi connectivity index (χ0v) is 23.0. The number of nitrogens with two attached hydrogens (primary N) is 1. The molecule has 0 radical (unpaired) electrons. The zero-order valence-electron chi connectivity index (χ0n) is 19.8. The van der Waals surface area contributed by atoms with Gasteiger partial charge in [-0.25, -0.2) is 14.2 Å². The van der Waals surface area contributed by atoms with Gasteiger partial charge in [-0.15, -0.1) is 11.8 Å². The number of rotatable bonds is 9. The maximum atomic E-state index is 13.1. The monoisotopic (exact) mass is 626 g/mol. The number of β-lactam (4-membered cyclic amide) rings is 1. The largest absolute Gasteiger partial charge is 0.478 e. The van der Waals surface area contributed by atoms with Gasteiger partial charge in [0.25, 0.3) is 11.8 Å². The van der Waals surface area contributed by atoms with Crippen molar-refractivity contribution >= 4 is 73.8 Å². The molecule has 17 heteroatoms. The number of halogens is 1. The lowest BCUT2D eigenvalue weighted by Crippen LogP contribution is -2.71. The summed E-state index contributed by atoms with van der Waals surface area (Å²) in [6, 6.07) is 2.55. The summed E-state index contributed by atoms with van der Waals surface area (Å²) in [5.74, 6) is -4.03. The number of nitrogen functional groups attached to an aromatic ring is 1. The highest BCUT2D eigenvalue weighted by Gasteiger charge is 2.55. The molecule has 2 aromatic heterocycles. The molecule has 2 aromatic rings. The van der Waals surface area contributed by atoms with Crippen LogP contribution in [0.4, 0.5) is 5.13 Å². The summed E-state index contributed by atoms with van der Waals surface area (Å²) < 4.78 is 6.58. The van der Waals surface area contributed by atoms with Crippen LogP contribution in [0.1, 0.15) is 19.7 Å². The van der Waals surface area contributed by atoms with Crippen LogP contribution in [0.15, 0.2) is 45.4 Å². The molecule has 2 atom stereocenters. The van der Waals surface area contributed by atoms with Gasteiger partial charge in [-0.2, -0.15) is 9.36 Å². The zero-order chi connectivity index (χ0) is 27.8. The number of nitrogens with zero attached hydrogens (tertiary/aromatic N) is 5. The van der Waals surface area contributed by atoms with Crippen molar-refractivity contribution in [1.29, 1.82) is 0 Å². The van der Waals surface area contributed by atoms with E-state index in [0.29, 0.717) is 11.3 Å². The first kappa shape index (κ1) is 27.5. The quantitative estimate of drug-likeness (QED) is 0.128. The van der Waals surface area contributed by atoms with E-state index in [0.717, 1.165) is 20.9 Å². The van der Waals surface area contributed by atoms with Crippen LogP contribution < -0.4 is 15.6 Å². The Labute approximate surface area is 231 Å². The van der Waals surface area contributed by atoms with E-state index in [1.807, 2.05) is 12.1 Å². The number of carboxylic acid groups (broad SMARTS) is 2. The number of carboxylic acids is 2. The molecule has 2 aliphatic heterocycles. The summed E-state index contributed by atoms with van der Waals surface area (Å²) in [7, 11) is 0. The van der Waals surface area contributed by atoms with Crippen LogP contribution in [0.5, 0.6) is 0 Å². The lowest BCUT2D eigenvalue weighted by Gasteiger charge is -2.49. The van der Waals surface area contributed by atoms with E-state index >= 15 is 0 Å². The van der Waals surface area contributed by atoms with E-state index in [-0.39, 0.29) is 23.2 Å². The number of fused-ring (bicyclic) bond motifs is 1. The summed E-state index contributed by atoms with van der Waals surface area (Å²) >= 11 is 5.43. The molecule has 4 heterocycles. The van der Waals surface area contributed by atoms with Crippen LogP contribution in [0, 0.1) is 0 Å². The first-order valence-electron chi connectivity index (χ1n) is 10.8. The molecule has 38 heavy (non-hydrogen) atoms. The lowest BCUT2D eigenvalue weighted by molar-refractivity contribution is -0.689. The van der Waals surface area contributed by atoms with Crippen molar-refractivity contribution < 1.29 is 38.8 Å². The second-order valence-corrected chi connectivity index (χ2v) is 11.4. The van der Waals surface area contributed by atoms with Crippen molar-refractivity contribution in [2.75, 3.05) is 11.5 Å². The third-order valence-corrected chi connectivity index (χ3v) is 7.92. The molecule has 2 aliphatic rings. The fourth-order valence-corrected chi connectivity index (χ4v) is 5.50. The Morgan fingerprint density at radius 1 is 1.34 bits per heavy atom. The molecule has 0 aromatic carbocycles. The van der Waals surface area contributed by atoms with Crippen molar-refractivity contribution in [3.05, 3.63) is 46.1 Å². The van der Waals surface area contributed by atoms with Crippen molar-refractivity contribution in [3.8, 4) is 0 Å². The first-order chi connectivity index (χ1) is 17.9. The minimum Gasteiger partial charge on any atom is -0.478 e. The van der Waals surface area contributed by atoms with Gasteiger partial charge in [0.2, 0.25) is 17.1 Å². The predicted octanol–water partition coefficient (Wildman–Crippen LogP) is 0.193. The van der Waals surface area contributed by atoms with E-state index in [9.17, 15) is 29.4 Å². The molecule has 0 spiro atoms. The van der Waals surface area contributed by atoms with Gasteiger partial charge in [0, 0.05) is 39.5 Å². The Kier molecular flexibility index (Phi) is 7.70.